The molecule has 2 N–H and O–H groups in total. The number of amides is 4. The van der Waals surface area contributed by atoms with Gasteiger partial charge in [0.05, 0.1) is 22.5 Å². The molecule has 4 saturated carbocycles. The predicted octanol–water partition coefficient (Wildman–Crippen LogP) is 8.28. The van der Waals surface area contributed by atoms with Crippen LogP contribution in [0.3, 0.4) is 0 Å². The second-order valence-electron chi connectivity index (χ2n) is 16.2. The van der Waals surface area contributed by atoms with Crippen LogP contribution in [-0.2, 0) is 9.59 Å². The summed E-state index contributed by atoms with van der Waals surface area (Å²) >= 11 is 0. The van der Waals surface area contributed by atoms with E-state index in [1.54, 1.807) is 0 Å². The van der Waals surface area contributed by atoms with Crippen molar-refractivity contribution in [2.75, 3.05) is 0 Å². The van der Waals surface area contributed by atoms with Crippen LogP contribution in [0.5, 0.6) is 0 Å². The average Bonchev–Trinajstić information content (AvgIpc) is 3.74. The number of fused-ring (bicyclic) bond motifs is 1. The van der Waals surface area contributed by atoms with E-state index in [1.165, 1.54) is 25.7 Å². The van der Waals surface area contributed by atoms with Gasteiger partial charge in [-0.25, -0.2) is 0 Å². The van der Waals surface area contributed by atoms with E-state index < -0.39 is 0 Å². The Kier molecular flexibility index (Phi) is 10.3. The maximum atomic E-state index is 14.3. The zero-order valence-electron chi connectivity index (χ0n) is 30.6. The zero-order valence-corrected chi connectivity index (χ0v) is 30.6. The van der Waals surface area contributed by atoms with Gasteiger partial charge >= 0.3 is 0 Å². The van der Waals surface area contributed by atoms with Crippen LogP contribution in [0.15, 0.2) is 59.7 Å². The van der Waals surface area contributed by atoms with Gasteiger partial charge in [0, 0.05) is 35.3 Å². The highest BCUT2D eigenvalue weighted by Crippen LogP contribution is 2.39. The monoisotopic (exact) mass is 702 g/mol. The summed E-state index contributed by atoms with van der Waals surface area (Å²) in [6.07, 6.45) is 22.6. The molecule has 0 aromatic heterocycles. The van der Waals surface area contributed by atoms with Crippen LogP contribution in [0.4, 0.5) is 0 Å². The van der Waals surface area contributed by atoms with Crippen LogP contribution in [0.1, 0.15) is 160 Å². The van der Waals surface area contributed by atoms with Crippen molar-refractivity contribution in [3.8, 4) is 0 Å². The molecule has 274 valence electrons. The van der Waals surface area contributed by atoms with Gasteiger partial charge in [-0.2, -0.15) is 0 Å². The standard InChI is InChI=1S/C44H54N4O4/c49-41-37-38(40(46-41)30-16-14-18-32(28-30)44(52)48(35-23-9-3-10-24-35)36-25-11-4-12-26-36)42(50)45-39(37)29-15-13-17-31(27-29)43(51)47(33-19-5-1-6-20-33)34-21-7-2-8-22-34/h13-18,27-28,33-36H,1-12,19-26H2,(H,45,50)(H,46,49). The molecule has 0 bridgehead atoms. The van der Waals surface area contributed by atoms with E-state index in [0.29, 0.717) is 44.8 Å². The summed E-state index contributed by atoms with van der Waals surface area (Å²) in [5, 5.41) is 5.98. The van der Waals surface area contributed by atoms with E-state index in [9.17, 15) is 19.2 Å². The molecule has 8 heteroatoms. The Morgan fingerprint density at radius 2 is 0.769 bits per heavy atom. The van der Waals surface area contributed by atoms with Crippen molar-refractivity contribution in [2.45, 2.75) is 153 Å². The molecular formula is C44H54N4O4. The van der Waals surface area contributed by atoms with Crippen LogP contribution in [0.2, 0.25) is 0 Å². The van der Waals surface area contributed by atoms with E-state index in [0.717, 1.165) is 103 Å². The van der Waals surface area contributed by atoms with Gasteiger partial charge in [-0.3, -0.25) is 19.2 Å². The fourth-order valence-electron chi connectivity index (χ4n) is 10.2. The van der Waals surface area contributed by atoms with Crippen molar-refractivity contribution >= 4 is 35.0 Å². The smallest absolute Gasteiger partial charge is 0.258 e. The molecule has 0 atom stereocenters. The molecule has 4 aliphatic carbocycles. The number of rotatable bonds is 8. The third-order valence-corrected chi connectivity index (χ3v) is 12.8. The van der Waals surface area contributed by atoms with E-state index in [1.807, 2.05) is 48.5 Å². The highest BCUT2D eigenvalue weighted by molar-refractivity contribution is 6.30. The van der Waals surface area contributed by atoms with Gasteiger partial charge in [0.1, 0.15) is 0 Å². The van der Waals surface area contributed by atoms with Crippen molar-refractivity contribution in [2.24, 2.45) is 0 Å². The molecule has 0 unspecified atom stereocenters. The van der Waals surface area contributed by atoms with Crippen molar-refractivity contribution in [1.82, 2.24) is 20.4 Å². The predicted molar refractivity (Wildman–Crippen MR) is 203 cm³/mol. The Morgan fingerprint density at radius 1 is 0.462 bits per heavy atom. The lowest BCUT2D eigenvalue weighted by molar-refractivity contribution is -0.117. The SMILES string of the molecule is O=C1NC(c2cccc(C(=O)N(C3CCCCC3)C3CCCCC3)c2)=C2C(=O)NC(c3cccc(C(=O)N(C4CCCCC4)C4CCCCC4)c3)=C12. The van der Waals surface area contributed by atoms with Crippen LogP contribution >= 0.6 is 0 Å². The van der Waals surface area contributed by atoms with E-state index in [2.05, 4.69) is 20.4 Å². The Hall–Kier alpha value is -4.20. The first-order valence-corrected chi connectivity index (χ1v) is 20.5. The van der Waals surface area contributed by atoms with Crippen LogP contribution < -0.4 is 10.6 Å². The first-order chi connectivity index (χ1) is 25.5. The maximum absolute atomic E-state index is 14.3. The Labute approximate surface area is 308 Å². The molecule has 8 rings (SSSR count). The number of carbonyl (C=O) groups excluding carboxylic acids is 4. The van der Waals surface area contributed by atoms with Gasteiger partial charge in [-0.1, -0.05) is 101 Å². The largest absolute Gasteiger partial charge is 0.333 e. The number of nitrogens with one attached hydrogen (secondary N) is 2. The molecule has 4 amide bonds. The number of hydrogen-bond donors (Lipinski definition) is 2. The molecule has 0 radical (unpaired) electrons. The van der Waals surface area contributed by atoms with Gasteiger partial charge in [0.25, 0.3) is 23.6 Å². The molecule has 2 aromatic carbocycles. The second-order valence-corrected chi connectivity index (χ2v) is 16.2. The quantitative estimate of drug-likeness (QED) is 0.289. The highest BCUT2D eigenvalue weighted by atomic mass is 16.2. The number of hydrogen-bond acceptors (Lipinski definition) is 4. The molecule has 6 aliphatic rings. The molecule has 2 heterocycles. The third-order valence-electron chi connectivity index (χ3n) is 12.8. The molecule has 0 saturated heterocycles. The van der Waals surface area contributed by atoms with Gasteiger partial charge in [-0.05, 0) is 86.8 Å². The summed E-state index contributed by atoms with van der Waals surface area (Å²) in [6.45, 7) is 0. The van der Waals surface area contributed by atoms with E-state index >= 15 is 0 Å². The molecular weight excluding hydrogens is 649 g/mol. The third kappa shape index (κ3) is 6.85. The summed E-state index contributed by atoms with van der Waals surface area (Å²) in [4.78, 5) is 60.5. The van der Waals surface area contributed by atoms with Gasteiger partial charge in [0.2, 0.25) is 0 Å². The summed E-state index contributed by atoms with van der Waals surface area (Å²) in [6, 6.07) is 15.9. The lowest BCUT2D eigenvalue weighted by Gasteiger charge is -2.42. The molecule has 2 aromatic rings. The summed E-state index contributed by atoms with van der Waals surface area (Å²) in [7, 11) is 0. The number of benzene rings is 2. The minimum Gasteiger partial charge on any atom is -0.333 e. The summed E-state index contributed by atoms with van der Waals surface area (Å²) in [5.41, 5.74) is 3.93. The summed E-state index contributed by atoms with van der Waals surface area (Å²) in [5.74, 6) is -0.604. The Bertz CT molecular complexity index is 1600. The van der Waals surface area contributed by atoms with Crippen LogP contribution in [0, 0.1) is 0 Å². The van der Waals surface area contributed by atoms with Crippen LogP contribution in [-0.4, -0.2) is 57.6 Å². The maximum Gasteiger partial charge on any atom is 0.258 e. The fourth-order valence-corrected chi connectivity index (χ4v) is 10.2. The zero-order chi connectivity index (χ0) is 35.6. The lowest BCUT2D eigenvalue weighted by atomic mass is 9.88. The van der Waals surface area contributed by atoms with Gasteiger partial charge in [-0.15, -0.1) is 0 Å². The average molecular weight is 703 g/mol. The second kappa shape index (κ2) is 15.4. The number of carbonyl (C=O) groups is 4. The van der Waals surface area contributed by atoms with Crippen LogP contribution in [0.25, 0.3) is 11.4 Å². The van der Waals surface area contributed by atoms with Crippen molar-refractivity contribution in [3.63, 3.8) is 0 Å². The Balaban J connectivity index is 1.10. The number of nitrogens with zero attached hydrogens (tertiary/aromatic N) is 2. The van der Waals surface area contributed by atoms with Crippen molar-refractivity contribution < 1.29 is 19.2 Å². The van der Waals surface area contributed by atoms with Crippen molar-refractivity contribution in [1.29, 1.82) is 0 Å². The molecule has 4 fully saturated rings. The highest BCUT2D eigenvalue weighted by Gasteiger charge is 2.42. The molecule has 52 heavy (non-hydrogen) atoms. The van der Waals surface area contributed by atoms with Crippen molar-refractivity contribution in [3.05, 3.63) is 81.9 Å². The molecule has 0 spiro atoms. The van der Waals surface area contributed by atoms with E-state index in [-0.39, 0.29) is 47.8 Å². The Morgan fingerprint density at radius 3 is 1.08 bits per heavy atom. The topological polar surface area (TPSA) is 98.8 Å². The van der Waals surface area contributed by atoms with E-state index in [4.69, 9.17) is 0 Å². The minimum atomic E-state index is -0.358. The first kappa shape index (κ1) is 34.9. The fraction of sp³-hybridized carbons (Fsp3) is 0.545. The lowest BCUT2D eigenvalue weighted by Crippen LogP contribution is -2.48. The molecule has 8 nitrogen and oxygen atoms in total. The minimum absolute atomic E-state index is 0.0554. The first-order valence-electron chi connectivity index (χ1n) is 20.5. The normalized spacial score (nSPS) is 22.3. The van der Waals surface area contributed by atoms with Gasteiger partial charge < -0.3 is 20.4 Å². The molecule has 2 aliphatic heterocycles. The van der Waals surface area contributed by atoms with Gasteiger partial charge in [0.15, 0.2) is 0 Å². The summed E-state index contributed by atoms with van der Waals surface area (Å²) < 4.78 is 0.